The van der Waals surface area contributed by atoms with Crippen molar-refractivity contribution >= 4 is 11.9 Å². The Hall–Kier alpha value is -2.10. The number of hydrogen-bond donors (Lipinski definition) is 1. The molecular weight excluding hydrogens is 412 g/mol. The van der Waals surface area contributed by atoms with Crippen molar-refractivity contribution in [2.24, 2.45) is 0 Å². The second-order valence-corrected chi connectivity index (χ2v) is 9.05. The quantitative estimate of drug-likeness (QED) is 0.0864. The highest BCUT2D eigenvalue weighted by Crippen LogP contribution is 2.15. The Kier molecular flexibility index (Phi) is 18.0. The normalized spacial score (nSPS) is 11.2. The monoisotopic (exact) mass is 458 g/mol. The van der Waals surface area contributed by atoms with Gasteiger partial charge < -0.3 is 9.84 Å². The number of ether oxygens (including phenoxy) is 1. The summed E-state index contributed by atoms with van der Waals surface area (Å²) >= 11 is 0. The number of hydrogen-bond acceptors (Lipinski definition) is 3. The summed E-state index contributed by atoms with van der Waals surface area (Å²) in [5.74, 6) is -0.837. The molecule has 0 spiro atoms. The number of rotatable bonds is 21. The van der Waals surface area contributed by atoms with E-state index in [1.165, 1.54) is 121 Å². The summed E-state index contributed by atoms with van der Waals surface area (Å²) in [5.41, 5.74) is 0.186. The molecule has 0 atom stereocenters. The van der Waals surface area contributed by atoms with Crippen molar-refractivity contribution in [3.8, 4) is 5.75 Å². The first-order chi connectivity index (χ1) is 16.1. The highest BCUT2D eigenvalue weighted by molar-refractivity contribution is 5.87. The average Bonchev–Trinajstić information content (AvgIpc) is 2.81. The Balaban J connectivity index is 1.84. The third kappa shape index (κ3) is 17.1. The number of carboxylic acid groups (broad SMARTS) is 1. The number of benzene rings is 1. The molecule has 0 radical (unpaired) electrons. The summed E-state index contributed by atoms with van der Waals surface area (Å²) in [6.45, 7) is 2.27. The van der Waals surface area contributed by atoms with Crippen LogP contribution in [0.2, 0.25) is 0 Å². The van der Waals surface area contributed by atoms with Crippen LogP contribution < -0.4 is 4.74 Å². The molecule has 0 aromatic heterocycles. The molecule has 186 valence electrons. The second-order valence-electron chi connectivity index (χ2n) is 9.05. The second kappa shape index (κ2) is 20.5. The molecule has 4 nitrogen and oxygen atoms in total. The van der Waals surface area contributed by atoms with Crippen molar-refractivity contribution in [1.82, 2.24) is 0 Å². The highest BCUT2D eigenvalue weighted by atomic mass is 16.5. The molecule has 0 aliphatic heterocycles. The number of esters is 1. The van der Waals surface area contributed by atoms with E-state index in [9.17, 15) is 9.59 Å². The van der Waals surface area contributed by atoms with Crippen LogP contribution in [-0.4, -0.2) is 17.0 Å². The van der Waals surface area contributed by atoms with Crippen LogP contribution in [0.4, 0.5) is 0 Å². The van der Waals surface area contributed by atoms with Crippen LogP contribution in [0.15, 0.2) is 36.4 Å². The Morgan fingerprint density at radius 1 is 0.697 bits per heavy atom. The van der Waals surface area contributed by atoms with Crippen LogP contribution in [0, 0.1) is 0 Å². The lowest BCUT2D eigenvalue weighted by Gasteiger charge is -2.05. The molecule has 0 amide bonds. The first-order valence-corrected chi connectivity index (χ1v) is 13.3. The fourth-order valence-corrected chi connectivity index (χ4v) is 3.90. The standard InChI is InChI=1S/C29H46O4/c1-2-3-4-5-6-7-8-9-10-11-12-13-14-15-16-17-18-19-20-21-28(30)33-27-24-22-26(23-25-27)29(31)32/h9-10,22-25H,2-8,11-21H2,1H3,(H,31,32). The molecule has 1 aromatic carbocycles. The van der Waals surface area contributed by atoms with E-state index in [4.69, 9.17) is 9.84 Å². The van der Waals surface area contributed by atoms with Crippen molar-refractivity contribution in [1.29, 1.82) is 0 Å². The Labute approximate surface area is 201 Å². The number of allylic oxidation sites excluding steroid dienone is 2. The fraction of sp³-hybridized carbons (Fsp3) is 0.655. The lowest BCUT2D eigenvalue weighted by atomic mass is 10.1. The zero-order valence-corrected chi connectivity index (χ0v) is 20.9. The molecule has 0 saturated heterocycles. The van der Waals surface area contributed by atoms with E-state index in [0.717, 1.165) is 12.8 Å². The van der Waals surface area contributed by atoms with E-state index >= 15 is 0 Å². The van der Waals surface area contributed by atoms with E-state index < -0.39 is 5.97 Å². The van der Waals surface area contributed by atoms with Gasteiger partial charge in [0.1, 0.15) is 5.75 Å². The minimum Gasteiger partial charge on any atom is -0.478 e. The summed E-state index contributed by atoms with van der Waals surface area (Å²) in [4.78, 5) is 22.7. The van der Waals surface area contributed by atoms with Crippen LogP contribution in [0.5, 0.6) is 5.75 Å². The minimum absolute atomic E-state index is 0.186. The lowest BCUT2D eigenvalue weighted by molar-refractivity contribution is -0.134. The largest absolute Gasteiger partial charge is 0.478 e. The van der Waals surface area contributed by atoms with Gasteiger partial charge in [-0.1, -0.05) is 96.1 Å². The van der Waals surface area contributed by atoms with Gasteiger partial charge in [-0.2, -0.15) is 0 Å². The molecule has 33 heavy (non-hydrogen) atoms. The zero-order valence-electron chi connectivity index (χ0n) is 20.9. The third-order valence-electron chi connectivity index (χ3n) is 5.98. The SMILES string of the molecule is CCCCCCCCC=CCCCCCCCCCCCC(=O)Oc1ccc(C(=O)O)cc1. The summed E-state index contributed by atoms with van der Waals surface area (Å²) in [7, 11) is 0. The predicted octanol–water partition coefficient (Wildman–Crippen LogP) is 8.89. The molecule has 1 rings (SSSR count). The maximum atomic E-state index is 11.9. The van der Waals surface area contributed by atoms with Gasteiger partial charge >= 0.3 is 11.9 Å². The van der Waals surface area contributed by atoms with Crippen LogP contribution in [-0.2, 0) is 4.79 Å². The summed E-state index contributed by atoms with van der Waals surface area (Å²) < 4.78 is 5.25. The molecular formula is C29H46O4. The smallest absolute Gasteiger partial charge is 0.335 e. The van der Waals surface area contributed by atoms with Gasteiger partial charge in [0.2, 0.25) is 0 Å². The number of unbranched alkanes of at least 4 members (excludes halogenated alkanes) is 15. The maximum absolute atomic E-state index is 11.9. The Bertz CT molecular complexity index is 648. The van der Waals surface area contributed by atoms with Gasteiger partial charge in [0.15, 0.2) is 0 Å². The van der Waals surface area contributed by atoms with Crippen LogP contribution >= 0.6 is 0 Å². The first-order valence-electron chi connectivity index (χ1n) is 13.3. The van der Waals surface area contributed by atoms with Gasteiger partial charge in [-0.15, -0.1) is 0 Å². The molecule has 1 N–H and O–H groups in total. The molecule has 0 bridgehead atoms. The number of aromatic carboxylic acids is 1. The van der Waals surface area contributed by atoms with Crippen LogP contribution in [0.3, 0.4) is 0 Å². The first kappa shape index (κ1) is 28.9. The Morgan fingerprint density at radius 3 is 1.64 bits per heavy atom. The molecule has 0 fully saturated rings. The molecule has 0 unspecified atom stereocenters. The maximum Gasteiger partial charge on any atom is 0.335 e. The summed E-state index contributed by atoms with van der Waals surface area (Å²) in [5, 5.41) is 8.87. The van der Waals surface area contributed by atoms with Crippen molar-refractivity contribution in [2.45, 2.75) is 122 Å². The van der Waals surface area contributed by atoms with Gasteiger partial charge in [-0.3, -0.25) is 4.79 Å². The summed E-state index contributed by atoms with van der Waals surface area (Å²) in [6, 6.07) is 5.93. The van der Waals surface area contributed by atoms with Crippen molar-refractivity contribution in [2.75, 3.05) is 0 Å². The van der Waals surface area contributed by atoms with Gasteiger partial charge in [-0.25, -0.2) is 4.79 Å². The van der Waals surface area contributed by atoms with Gasteiger partial charge in [-0.05, 0) is 56.4 Å². The van der Waals surface area contributed by atoms with E-state index in [-0.39, 0.29) is 11.5 Å². The topological polar surface area (TPSA) is 63.6 Å². The van der Waals surface area contributed by atoms with Crippen LogP contribution in [0.25, 0.3) is 0 Å². The molecule has 1 aromatic rings. The van der Waals surface area contributed by atoms with Crippen molar-refractivity contribution in [3.63, 3.8) is 0 Å². The molecule has 0 aliphatic carbocycles. The van der Waals surface area contributed by atoms with E-state index in [1.807, 2.05) is 0 Å². The lowest BCUT2D eigenvalue weighted by Crippen LogP contribution is -2.07. The van der Waals surface area contributed by atoms with Crippen molar-refractivity contribution in [3.05, 3.63) is 42.0 Å². The highest BCUT2D eigenvalue weighted by Gasteiger charge is 2.06. The van der Waals surface area contributed by atoms with Gasteiger partial charge in [0, 0.05) is 6.42 Å². The summed E-state index contributed by atoms with van der Waals surface area (Å²) in [6.07, 6.45) is 26.8. The molecule has 0 heterocycles. The van der Waals surface area contributed by atoms with E-state index in [0.29, 0.717) is 12.2 Å². The number of carbonyl (C=O) groups is 2. The van der Waals surface area contributed by atoms with Crippen LogP contribution in [0.1, 0.15) is 133 Å². The number of carbonyl (C=O) groups excluding carboxylic acids is 1. The van der Waals surface area contributed by atoms with Gasteiger partial charge in [0.05, 0.1) is 5.56 Å². The molecule has 0 saturated carbocycles. The van der Waals surface area contributed by atoms with E-state index in [1.54, 1.807) is 0 Å². The third-order valence-corrected chi connectivity index (χ3v) is 5.98. The minimum atomic E-state index is -0.987. The van der Waals surface area contributed by atoms with Gasteiger partial charge in [0.25, 0.3) is 0 Å². The van der Waals surface area contributed by atoms with E-state index in [2.05, 4.69) is 19.1 Å². The predicted molar refractivity (Wildman–Crippen MR) is 137 cm³/mol. The zero-order chi connectivity index (χ0) is 24.0. The molecule has 4 heteroatoms. The van der Waals surface area contributed by atoms with Crippen molar-refractivity contribution < 1.29 is 19.4 Å². The molecule has 0 aliphatic rings. The number of carboxylic acids is 1. The Morgan fingerprint density at radius 2 is 1.15 bits per heavy atom. The fourth-order valence-electron chi connectivity index (χ4n) is 3.90. The average molecular weight is 459 g/mol.